The van der Waals surface area contributed by atoms with Crippen molar-refractivity contribution in [3.8, 4) is 0 Å². The van der Waals surface area contributed by atoms with E-state index in [4.69, 9.17) is 16.3 Å². The number of hydrogen-bond donors (Lipinski definition) is 3. The van der Waals surface area contributed by atoms with E-state index in [-0.39, 0.29) is 16.6 Å². The molecule has 0 saturated heterocycles. The van der Waals surface area contributed by atoms with Crippen molar-refractivity contribution in [1.29, 1.82) is 0 Å². The molecule has 3 amide bonds. The number of halogens is 2. The average Bonchev–Trinajstić information content (AvgIpc) is 3.22. The van der Waals surface area contributed by atoms with Gasteiger partial charge in [0.05, 0.1) is 11.1 Å². The molecule has 3 aromatic carbocycles. The molecule has 9 heteroatoms. The van der Waals surface area contributed by atoms with E-state index in [1.807, 2.05) is 48.5 Å². The third-order valence-electron chi connectivity index (χ3n) is 6.15. The Bertz CT molecular complexity index is 1350. The highest BCUT2D eigenvalue weighted by Crippen LogP contribution is 2.42. The number of benzene rings is 3. The van der Waals surface area contributed by atoms with Gasteiger partial charge in [0.15, 0.2) is 0 Å². The van der Waals surface area contributed by atoms with Gasteiger partial charge in [0.2, 0.25) is 0 Å². The van der Waals surface area contributed by atoms with Crippen LogP contribution in [0.2, 0.25) is 5.02 Å². The Hall–Kier alpha value is -3.91. The van der Waals surface area contributed by atoms with Gasteiger partial charge >= 0.3 is 17.9 Å². The number of ether oxygens (including phenoxy) is 1. The van der Waals surface area contributed by atoms with Crippen LogP contribution in [0.15, 0.2) is 66.7 Å². The van der Waals surface area contributed by atoms with Crippen LogP contribution >= 0.6 is 11.6 Å². The zero-order valence-corrected chi connectivity index (χ0v) is 22.1. The Balaban J connectivity index is 1.45. The molecule has 3 aromatic rings. The summed E-state index contributed by atoms with van der Waals surface area (Å²) < 4.78 is 19.0. The number of hydrogen-bond acceptors (Lipinski definition) is 4. The predicted octanol–water partition coefficient (Wildman–Crippen LogP) is 5.64. The van der Waals surface area contributed by atoms with E-state index in [1.54, 1.807) is 20.8 Å². The number of alkyl carbamates (subject to hydrolysis) is 1. The lowest BCUT2D eigenvalue weighted by atomic mass is 9.91. The molecule has 0 fully saturated rings. The minimum atomic E-state index is -0.904. The van der Waals surface area contributed by atoms with E-state index in [0.717, 1.165) is 28.3 Å². The first-order valence-electron chi connectivity index (χ1n) is 12.2. The molecule has 1 aliphatic carbocycles. The number of amides is 3. The second kappa shape index (κ2) is 11.2. The summed E-state index contributed by atoms with van der Waals surface area (Å²) >= 11 is 5.69. The van der Waals surface area contributed by atoms with Crippen LogP contribution < -0.4 is 16.0 Å². The van der Waals surface area contributed by atoms with Crippen LogP contribution in [0.1, 0.15) is 55.0 Å². The van der Waals surface area contributed by atoms with Gasteiger partial charge in [-0.15, -0.1) is 0 Å². The van der Waals surface area contributed by atoms with Crippen LogP contribution in [-0.4, -0.2) is 23.5 Å². The van der Waals surface area contributed by atoms with Crippen LogP contribution in [0.5, 0.6) is 0 Å². The van der Waals surface area contributed by atoms with Crippen LogP contribution in [0.3, 0.4) is 0 Å². The molecule has 198 valence electrons. The van der Waals surface area contributed by atoms with Crippen molar-refractivity contribution in [1.82, 2.24) is 10.6 Å². The fraction of sp³-hybridized carbons (Fsp3) is 0.276. The van der Waals surface area contributed by atoms with Crippen molar-refractivity contribution >= 4 is 35.2 Å². The Kier molecular flexibility index (Phi) is 8.02. The molecule has 0 heterocycles. The van der Waals surface area contributed by atoms with E-state index >= 15 is 0 Å². The van der Waals surface area contributed by atoms with Gasteiger partial charge in [-0.2, -0.15) is 0 Å². The number of carbonyl (C=O) groups is 3. The first-order chi connectivity index (χ1) is 18.0. The number of fused-ring (bicyclic) bond motifs is 1. The van der Waals surface area contributed by atoms with E-state index in [1.165, 1.54) is 12.1 Å². The number of carbonyl (C=O) groups excluding carboxylic acids is 3. The highest BCUT2D eigenvalue weighted by Gasteiger charge is 2.35. The molecule has 0 spiro atoms. The Morgan fingerprint density at radius 3 is 2.39 bits per heavy atom. The topological polar surface area (TPSA) is 96.5 Å². The van der Waals surface area contributed by atoms with Gasteiger partial charge in [-0.3, -0.25) is 9.59 Å². The van der Waals surface area contributed by atoms with Crippen molar-refractivity contribution in [3.05, 3.63) is 99.8 Å². The van der Waals surface area contributed by atoms with Crippen LogP contribution in [-0.2, 0) is 27.3 Å². The predicted molar refractivity (Wildman–Crippen MR) is 143 cm³/mol. The van der Waals surface area contributed by atoms with Crippen molar-refractivity contribution in [2.75, 3.05) is 5.32 Å². The molecule has 7 nitrogen and oxygen atoms in total. The van der Waals surface area contributed by atoms with Crippen LogP contribution in [0.25, 0.3) is 0 Å². The molecule has 0 aromatic heterocycles. The average molecular weight is 538 g/mol. The molecule has 0 radical (unpaired) electrons. The normalized spacial score (nSPS) is 16.3. The second-order valence-corrected chi connectivity index (χ2v) is 10.5. The van der Waals surface area contributed by atoms with E-state index in [0.29, 0.717) is 13.0 Å². The summed E-state index contributed by atoms with van der Waals surface area (Å²) in [5.41, 5.74) is 3.45. The maximum Gasteiger partial charge on any atom is 0.407 e. The van der Waals surface area contributed by atoms with Crippen molar-refractivity contribution in [2.45, 2.75) is 51.3 Å². The molecule has 0 aliphatic heterocycles. The summed E-state index contributed by atoms with van der Waals surface area (Å²) in [6.07, 6.45) is 0.191. The fourth-order valence-electron chi connectivity index (χ4n) is 4.42. The first kappa shape index (κ1) is 27.1. The molecule has 0 saturated carbocycles. The fourth-order valence-corrected chi connectivity index (χ4v) is 4.54. The summed E-state index contributed by atoms with van der Waals surface area (Å²) in [5, 5.41) is 7.93. The molecule has 4 rings (SSSR count). The van der Waals surface area contributed by atoms with Gasteiger partial charge in [0.25, 0.3) is 0 Å². The molecule has 38 heavy (non-hydrogen) atoms. The molecule has 0 bridgehead atoms. The second-order valence-electron chi connectivity index (χ2n) is 10.1. The Morgan fingerprint density at radius 2 is 1.71 bits per heavy atom. The first-order valence-corrected chi connectivity index (χ1v) is 12.6. The third kappa shape index (κ3) is 6.69. The molecule has 1 aliphatic rings. The van der Waals surface area contributed by atoms with E-state index in [9.17, 15) is 18.8 Å². The minimum absolute atomic E-state index is 0.0792. The van der Waals surface area contributed by atoms with Gasteiger partial charge in [-0.1, -0.05) is 60.1 Å². The number of nitrogens with one attached hydrogen (secondary N) is 3. The molecule has 3 N–H and O–H groups in total. The Morgan fingerprint density at radius 1 is 1.00 bits per heavy atom. The standard InChI is InChI=1S/C29H29ClFN3O4/c1-29(2,3)38-28(37)32-16-17-8-10-18(11-9-17)22-14-19-6-4-5-7-21(19)25(22)34-27(36)26(35)33-20-12-13-23(30)24(31)15-20/h4-13,15,22,25H,14,16H2,1-3H3,(H,32,37)(H,33,35)(H,34,36). The molecule has 2 unspecified atom stereocenters. The summed E-state index contributed by atoms with van der Waals surface area (Å²) in [7, 11) is 0. The van der Waals surface area contributed by atoms with Gasteiger partial charge in [0, 0.05) is 18.2 Å². The zero-order valence-electron chi connectivity index (χ0n) is 21.3. The van der Waals surface area contributed by atoms with Crippen molar-refractivity contribution in [3.63, 3.8) is 0 Å². The number of anilines is 1. The lowest BCUT2D eigenvalue weighted by Crippen LogP contribution is -2.39. The quantitative estimate of drug-likeness (QED) is 0.367. The third-order valence-corrected chi connectivity index (χ3v) is 6.45. The molecular formula is C29H29ClFN3O4. The molecule has 2 atom stereocenters. The van der Waals surface area contributed by atoms with Gasteiger partial charge in [-0.05, 0) is 67.6 Å². The van der Waals surface area contributed by atoms with Gasteiger partial charge in [-0.25, -0.2) is 9.18 Å². The smallest absolute Gasteiger partial charge is 0.407 e. The van der Waals surface area contributed by atoms with Crippen LogP contribution in [0, 0.1) is 5.82 Å². The van der Waals surface area contributed by atoms with Gasteiger partial charge < -0.3 is 20.7 Å². The monoisotopic (exact) mass is 537 g/mol. The zero-order chi connectivity index (χ0) is 27.4. The lowest BCUT2D eigenvalue weighted by Gasteiger charge is -2.23. The summed E-state index contributed by atoms with van der Waals surface area (Å²) in [5.74, 6) is -2.53. The largest absolute Gasteiger partial charge is 0.444 e. The van der Waals surface area contributed by atoms with E-state index < -0.39 is 35.4 Å². The Labute approximate surface area is 225 Å². The van der Waals surface area contributed by atoms with Gasteiger partial charge in [0.1, 0.15) is 11.4 Å². The maximum atomic E-state index is 13.7. The van der Waals surface area contributed by atoms with Crippen molar-refractivity contribution in [2.24, 2.45) is 0 Å². The van der Waals surface area contributed by atoms with Crippen molar-refractivity contribution < 1.29 is 23.5 Å². The number of rotatable bonds is 5. The molecular weight excluding hydrogens is 509 g/mol. The highest BCUT2D eigenvalue weighted by atomic mass is 35.5. The maximum absolute atomic E-state index is 13.7. The summed E-state index contributed by atoms with van der Waals surface area (Å²) in [6.45, 7) is 5.72. The highest BCUT2D eigenvalue weighted by molar-refractivity contribution is 6.39. The summed E-state index contributed by atoms with van der Waals surface area (Å²) in [4.78, 5) is 37.4. The minimum Gasteiger partial charge on any atom is -0.444 e. The van der Waals surface area contributed by atoms with E-state index in [2.05, 4.69) is 16.0 Å². The van der Waals surface area contributed by atoms with Crippen LogP contribution in [0.4, 0.5) is 14.9 Å². The lowest BCUT2D eigenvalue weighted by molar-refractivity contribution is -0.136. The SMILES string of the molecule is CC(C)(C)OC(=O)NCc1ccc(C2Cc3ccccc3C2NC(=O)C(=O)Nc2ccc(Cl)c(F)c2)cc1. The summed E-state index contributed by atoms with van der Waals surface area (Å²) in [6, 6.07) is 18.9.